The number of rotatable bonds is 5. The Morgan fingerprint density at radius 3 is 2.50 bits per heavy atom. The van der Waals surface area contributed by atoms with Gasteiger partial charge in [-0.05, 0) is 50.2 Å². The van der Waals surface area contributed by atoms with Crippen LogP contribution in [0.2, 0.25) is 5.02 Å². The number of aryl methyl sites for hydroxylation is 1. The number of phenols is 1. The second-order valence-corrected chi connectivity index (χ2v) is 5.63. The Morgan fingerprint density at radius 1 is 1.12 bits per heavy atom. The third kappa shape index (κ3) is 3.31. The quantitative estimate of drug-likeness (QED) is 0.688. The molecule has 124 valence electrons. The van der Waals surface area contributed by atoms with Gasteiger partial charge in [0.1, 0.15) is 22.9 Å². The lowest BCUT2D eigenvalue weighted by Gasteiger charge is -2.10. The van der Waals surface area contributed by atoms with Gasteiger partial charge in [-0.25, -0.2) is 0 Å². The summed E-state index contributed by atoms with van der Waals surface area (Å²) in [6.07, 6.45) is 0. The lowest BCUT2D eigenvalue weighted by atomic mass is 10.1. The van der Waals surface area contributed by atoms with E-state index in [1.807, 2.05) is 13.8 Å². The summed E-state index contributed by atoms with van der Waals surface area (Å²) in [5.41, 5.74) is 1.85. The molecule has 2 aromatic carbocycles. The number of halogens is 1. The van der Waals surface area contributed by atoms with Crippen molar-refractivity contribution in [3.8, 4) is 34.3 Å². The maximum atomic E-state index is 10.3. The number of benzene rings is 2. The van der Waals surface area contributed by atoms with Crippen molar-refractivity contribution in [1.29, 1.82) is 0 Å². The van der Waals surface area contributed by atoms with E-state index < -0.39 is 0 Å². The van der Waals surface area contributed by atoms with Gasteiger partial charge in [-0.2, -0.15) is 5.10 Å². The van der Waals surface area contributed by atoms with Gasteiger partial charge in [0.05, 0.1) is 12.3 Å². The molecule has 5 nitrogen and oxygen atoms in total. The van der Waals surface area contributed by atoms with Crippen molar-refractivity contribution >= 4 is 11.6 Å². The molecule has 0 fully saturated rings. The summed E-state index contributed by atoms with van der Waals surface area (Å²) in [4.78, 5) is 0. The topological polar surface area (TPSA) is 67.4 Å². The van der Waals surface area contributed by atoms with Gasteiger partial charge in [-0.3, -0.25) is 5.10 Å². The van der Waals surface area contributed by atoms with Crippen molar-refractivity contribution in [2.45, 2.75) is 13.8 Å². The van der Waals surface area contributed by atoms with E-state index >= 15 is 0 Å². The summed E-state index contributed by atoms with van der Waals surface area (Å²) in [6, 6.07) is 12.2. The van der Waals surface area contributed by atoms with E-state index in [1.165, 1.54) is 0 Å². The number of hydrogen-bond acceptors (Lipinski definition) is 4. The molecule has 0 bridgehead atoms. The van der Waals surface area contributed by atoms with Crippen LogP contribution in [0, 0.1) is 6.92 Å². The summed E-state index contributed by atoms with van der Waals surface area (Å²) < 4.78 is 11.3. The highest BCUT2D eigenvalue weighted by Crippen LogP contribution is 2.39. The molecule has 0 aliphatic rings. The van der Waals surface area contributed by atoms with E-state index in [0.29, 0.717) is 40.1 Å². The molecule has 0 unspecified atom stereocenters. The molecule has 0 aliphatic heterocycles. The van der Waals surface area contributed by atoms with Crippen LogP contribution in [0.1, 0.15) is 12.6 Å². The van der Waals surface area contributed by atoms with Crippen LogP contribution in [0.15, 0.2) is 42.5 Å². The van der Waals surface area contributed by atoms with Gasteiger partial charge in [-0.1, -0.05) is 11.6 Å². The highest BCUT2D eigenvalue weighted by atomic mass is 35.5. The number of ether oxygens (including phenoxy) is 2. The van der Waals surface area contributed by atoms with Gasteiger partial charge in [0.25, 0.3) is 0 Å². The average molecular weight is 345 g/mol. The summed E-state index contributed by atoms with van der Waals surface area (Å²) in [5.74, 6) is 1.87. The Labute approximate surface area is 144 Å². The predicted molar refractivity (Wildman–Crippen MR) is 93.1 cm³/mol. The first kappa shape index (κ1) is 16.2. The van der Waals surface area contributed by atoms with E-state index in [4.69, 9.17) is 21.1 Å². The first-order chi connectivity index (χ1) is 11.6. The van der Waals surface area contributed by atoms with Gasteiger partial charge in [0.2, 0.25) is 0 Å². The number of aromatic amines is 1. The van der Waals surface area contributed by atoms with Crippen LogP contribution in [-0.4, -0.2) is 21.9 Å². The van der Waals surface area contributed by atoms with Gasteiger partial charge in [0.15, 0.2) is 5.75 Å². The lowest BCUT2D eigenvalue weighted by Crippen LogP contribution is -1.92. The Balaban J connectivity index is 1.96. The molecule has 0 amide bonds. The molecular weight excluding hydrogens is 328 g/mol. The second kappa shape index (κ2) is 6.84. The number of nitrogens with zero attached hydrogens (tertiary/aromatic N) is 1. The fraction of sp³-hybridized carbons (Fsp3) is 0.167. The van der Waals surface area contributed by atoms with Gasteiger partial charge >= 0.3 is 0 Å². The summed E-state index contributed by atoms with van der Waals surface area (Å²) in [6.45, 7) is 4.28. The van der Waals surface area contributed by atoms with Crippen molar-refractivity contribution < 1.29 is 14.6 Å². The smallest absolute Gasteiger partial charge is 0.176 e. The molecule has 3 aromatic rings. The molecule has 0 spiro atoms. The minimum Gasteiger partial charge on any atom is -0.507 e. The number of hydrogen-bond donors (Lipinski definition) is 2. The zero-order valence-corrected chi connectivity index (χ0v) is 14.1. The third-order valence-corrected chi connectivity index (χ3v) is 3.71. The Bertz CT molecular complexity index is 844. The molecule has 0 radical (unpaired) electrons. The summed E-state index contributed by atoms with van der Waals surface area (Å²) in [5, 5.41) is 18.1. The van der Waals surface area contributed by atoms with Gasteiger partial charge in [0, 0.05) is 16.7 Å². The van der Waals surface area contributed by atoms with E-state index in [-0.39, 0.29) is 5.75 Å². The normalized spacial score (nSPS) is 10.6. The molecule has 6 heteroatoms. The van der Waals surface area contributed by atoms with Crippen molar-refractivity contribution in [3.05, 3.63) is 53.2 Å². The zero-order chi connectivity index (χ0) is 17.1. The Hall–Kier alpha value is -2.66. The maximum absolute atomic E-state index is 10.3. The van der Waals surface area contributed by atoms with Crippen LogP contribution in [0.5, 0.6) is 23.0 Å². The molecular formula is C18H17ClN2O3. The van der Waals surface area contributed by atoms with Crippen LogP contribution < -0.4 is 9.47 Å². The monoisotopic (exact) mass is 344 g/mol. The summed E-state index contributed by atoms with van der Waals surface area (Å²) in [7, 11) is 0. The number of nitrogens with one attached hydrogen (secondary N) is 1. The van der Waals surface area contributed by atoms with Crippen molar-refractivity contribution in [1.82, 2.24) is 10.2 Å². The number of aromatic hydroxyl groups is 1. The van der Waals surface area contributed by atoms with Crippen molar-refractivity contribution in [3.63, 3.8) is 0 Å². The SMILES string of the molecule is CCOc1ccc(-c2n[nH]c(C)c2Oc2ccc(Cl)cc2)c(O)c1. The molecule has 3 rings (SSSR count). The Morgan fingerprint density at radius 2 is 1.83 bits per heavy atom. The first-order valence-electron chi connectivity index (χ1n) is 7.53. The largest absolute Gasteiger partial charge is 0.507 e. The van der Waals surface area contributed by atoms with Crippen LogP contribution in [0.4, 0.5) is 0 Å². The fourth-order valence-corrected chi connectivity index (χ4v) is 2.44. The molecule has 1 heterocycles. The molecule has 0 saturated heterocycles. The second-order valence-electron chi connectivity index (χ2n) is 5.19. The highest BCUT2D eigenvalue weighted by molar-refractivity contribution is 6.30. The number of phenolic OH excluding ortho intramolecular Hbond substituents is 1. The number of aromatic nitrogens is 2. The molecule has 0 aliphatic carbocycles. The predicted octanol–water partition coefficient (Wildman–Crippen LogP) is 4.94. The van der Waals surface area contributed by atoms with Crippen LogP contribution in [0.25, 0.3) is 11.3 Å². The fourth-order valence-electron chi connectivity index (χ4n) is 2.31. The minimum absolute atomic E-state index is 0.0772. The van der Waals surface area contributed by atoms with E-state index in [2.05, 4.69) is 10.2 Å². The average Bonchev–Trinajstić information content (AvgIpc) is 2.91. The van der Waals surface area contributed by atoms with Gasteiger partial charge in [-0.15, -0.1) is 0 Å². The van der Waals surface area contributed by atoms with Crippen molar-refractivity contribution in [2.75, 3.05) is 6.61 Å². The minimum atomic E-state index is 0.0772. The lowest BCUT2D eigenvalue weighted by molar-refractivity contribution is 0.338. The maximum Gasteiger partial charge on any atom is 0.176 e. The molecule has 24 heavy (non-hydrogen) atoms. The molecule has 2 N–H and O–H groups in total. The van der Waals surface area contributed by atoms with Crippen LogP contribution in [0.3, 0.4) is 0 Å². The zero-order valence-electron chi connectivity index (χ0n) is 13.3. The molecule has 1 aromatic heterocycles. The standard InChI is InChI=1S/C18H17ClN2O3/c1-3-23-14-8-9-15(16(22)10-14)17-18(11(2)20-21-17)24-13-6-4-12(19)5-7-13/h4-10,22H,3H2,1-2H3,(H,20,21). The van der Waals surface area contributed by atoms with Crippen LogP contribution in [-0.2, 0) is 0 Å². The number of H-pyrrole nitrogens is 1. The van der Waals surface area contributed by atoms with Crippen LogP contribution >= 0.6 is 11.6 Å². The molecule has 0 saturated carbocycles. The first-order valence-corrected chi connectivity index (χ1v) is 7.91. The van der Waals surface area contributed by atoms with E-state index in [1.54, 1.807) is 42.5 Å². The summed E-state index contributed by atoms with van der Waals surface area (Å²) >= 11 is 5.89. The van der Waals surface area contributed by atoms with E-state index in [9.17, 15) is 5.11 Å². The molecule has 0 atom stereocenters. The van der Waals surface area contributed by atoms with Crippen molar-refractivity contribution in [2.24, 2.45) is 0 Å². The Kier molecular flexibility index (Phi) is 4.62. The third-order valence-electron chi connectivity index (χ3n) is 3.46. The van der Waals surface area contributed by atoms with Gasteiger partial charge < -0.3 is 14.6 Å². The highest BCUT2D eigenvalue weighted by Gasteiger charge is 2.18. The van der Waals surface area contributed by atoms with E-state index in [0.717, 1.165) is 5.69 Å².